The lowest BCUT2D eigenvalue weighted by Gasteiger charge is -2.28. The average Bonchev–Trinajstić information content (AvgIpc) is 2.13. The monoisotopic (exact) mass is 244 g/mol. The van der Waals surface area contributed by atoms with Gasteiger partial charge in [0.2, 0.25) is 5.91 Å². The van der Waals surface area contributed by atoms with Gasteiger partial charge in [0.05, 0.1) is 6.42 Å². The Morgan fingerprint density at radius 2 is 1.94 bits per heavy atom. The van der Waals surface area contributed by atoms with Crippen molar-refractivity contribution in [2.24, 2.45) is 5.73 Å². The number of amides is 1. The second-order valence-corrected chi connectivity index (χ2v) is 5.12. The molecule has 1 unspecified atom stereocenters. The molecule has 0 fully saturated rings. The number of carboxylic acids is 1. The zero-order valence-corrected chi connectivity index (χ0v) is 11.2. The smallest absolute Gasteiger partial charge is 0.305 e. The van der Waals surface area contributed by atoms with Crippen molar-refractivity contribution in [2.45, 2.75) is 58.5 Å². The Morgan fingerprint density at radius 1 is 1.41 bits per heavy atom. The maximum absolute atomic E-state index is 11.9. The van der Waals surface area contributed by atoms with E-state index in [9.17, 15) is 9.59 Å². The number of rotatable bonds is 7. The molecule has 0 rings (SSSR count). The standard InChI is InChI=1S/C12H24N2O3/c1-5-14(9(2)8-11(16)17)10(15)6-7-12(3,4)13/h9H,5-8,13H2,1-4H3,(H,16,17). The Balaban J connectivity index is 4.35. The molecule has 5 nitrogen and oxygen atoms in total. The number of nitrogens with zero attached hydrogens (tertiary/aromatic N) is 1. The second kappa shape index (κ2) is 6.59. The third kappa shape index (κ3) is 6.94. The highest BCUT2D eigenvalue weighted by molar-refractivity contribution is 5.77. The molecule has 1 amide bonds. The van der Waals surface area contributed by atoms with Gasteiger partial charge in [-0.1, -0.05) is 0 Å². The predicted octanol–water partition coefficient (Wildman–Crippen LogP) is 1.22. The van der Waals surface area contributed by atoms with Gasteiger partial charge in [-0.15, -0.1) is 0 Å². The summed E-state index contributed by atoms with van der Waals surface area (Å²) in [6.45, 7) is 7.87. The van der Waals surface area contributed by atoms with Gasteiger partial charge in [-0.3, -0.25) is 9.59 Å². The lowest BCUT2D eigenvalue weighted by Crippen LogP contribution is -2.41. The first-order valence-electron chi connectivity index (χ1n) is 5.97. The Labute approximate surface area is 103 Å². The van der Waals surface area contributed by atoms with Crippen LogP contribution >= 0.6 is 0 Å². The zero-order chi connectivity index (χ0) is 13.6. The minimum absolute atomic E-state index is 0.0222. The number of carbonyl (C=O) groups excluding carboxylic acids is 1. The van der Waals surface area contributed by atoms with Gasteiger partial charge in [-0.2, -0.15) is 0 Å². The number of hydrogen-bond donors (Lipinski definition) is 2. The van der Waals surface area contributed by atoms with E-state index in [-0.39, 0.29) is 23.9 Å². The summed E-state index contributed by atoms with van der Waals surface area (Å²) in [6, 6.07) is -0.272. The van der Waals surface area contributed by atoms with Crippen molar-refractivity contribution in [3.05, 3.63) is 0 Å². The largest absolute Gasteiger partial charge is 0.481 e. The summed E-state index contributed by atoms with van der Waals surface area (Å²) >= 11 is 0. The molecule has 5 heteroatoms. The van der Waals surface area contributed by atoms with E-state index in [4.69, 9.17) is 10.8 Å². The molecule has 0 aromatic carbocycles. The molecule has 0 spiro atoms. The van der Waals surface area contributed by atoms with Gasteiger partial charge in [0.25, 0.3) is 0 Å². The molecule has 0 aromatic heterocycles. The number of carboxylic acid groups (broad SMARTS) is 1. The molecule has 0 saturated heterocycles. The van der Waals surface area contributed by atoms with E-state index in [1.807, 2.05) is 20.8 Å². The summed E-state index contributed by atoms with van der Waals surface area (Å²) in [5, 5.41) is 8.71. The lowest BCUT2D eigenvalue weighted by atomic mass is 9.99. The Hall–Kier alpha value is -1.10. The maximum atomic E-state index is 11.9. The fourth-order valence-electron chi connectivity index (χ4n) is 1.67. The Kier molecular flexibility index (Phi) is 6.16. The SMILES string of the molecule is CCN(C(=O)CCC(C)(C)N)C(C)CC(=O)O. The maximum Gasteiger partial charge on any atom is 0.305 e. The van der Waals surface area contributed by atoms with Crippen LogP contribution in [0.5, 0.6) is 0 Å². The van der Waals surface area contributed by atoms with E-state index in [0.717, 1.165) is 0 Å². The van der Waals surface area contributed by atoms with Gasteiger partial charge in [0, 0.05) is 24.5 Å². The van der Waals surface area contributed by atoms with Crippen molar-refractivity contribution in [3.63, 3.8) is 0 Å². The van der Waals surface area contributed by atoms with E-state index >= 15 is 0 Å². The third-order valence-electron chi connectivity index (χ3n) is 2.65. The van der Waals surface area contributed by atoms with Crippen LogP contribution in [0.4, 0.5) is 0 Å². The fraction of sp³-hybridized carbons (Fsp3) is 0.833. The van der Waals surface area contributed by atoms with Crippen molar-refractivity contribution in [2.75, 3.05) is 6.54 Å². The van der Waals surface area contributed by atoms with Crippen LogP contribution in [0.3, 0.4) is 0 Å². The molecular formula is C12H24N2O3. The van der Waals surface area contributed by atoms with E-state index in [2.05, 4.69) is 0 Å². The molecule has 3 N–H and O–H groups in total. The quantitative estimate of drug-likeness (QED) is 0.705. The third-order valence-corrected chi connectivity index (χ3v) is 2.65. The molecule has 0 heterocycles. The highest BCUT2D eigenvalue weighted by Gasteiger charge is 2.22. The first-order valence-corrected chi connectivity index (χ1v) is 5.97. The Bertz CT molecular complexity index is 271. The van der Waals surface area contributed by atoms with Crippen molar-refractivity contribution in [1.29, 1.82) is 0 Å². The van der Waals surface area contributed by atoms with Crippen molar-refractivity contribution < 1.29 is 14.7 Å². The van der Waals surface area contributed by atoms with Crippen LogP contribution in [-0.2, 0) is 9.59 Å². The van der Waals surface area contributed by atoms with Gasteiger partial charge in [-0.05, 0) is 34.1 Å². The van der Waals surface area contributed by atoms with Crippen LogP contribution in [0.2, 0.25) is 0 Å². The molecule has 1 atom stereocenters. The number of aliphatic carboxylic acids is 1. The molecule has 0 aliphatic heterocycles. The van der Waals surface area contributed by atoms with Crippen molar-refractivity contribution >= 4 is 11.9 Å². The molecule has 0 aliphatic carbocycles. The summed E-state index contributed by atoms with van der Waals surface area (Å²) in [6.07, 6.45) is 0.940. The summed E-state index contributed by atoms with van der Waals surface area (Å²) in [7, 11) is 0. The number of carbonyl (C=O) groups is 2. The molecule has 0 saturated carbocycles. The van der Waals surface area contributed by atoms with Gasteiger partial charge in [-0.25, -0.2) is 0 Å². The van der Waals surface area contributed by atoms with Gasteiger partial charge < -0.3 is 15.7 Å². The molecule has 0 aromatic rings. The van der Waals surface area contributed by atoms with E-state index in [1.165, 1.54) is 0 Å². The summed E-state index contributed by atoms with van der Waals surface area (Å²) in [4.78, 5) is 24.1. The van der Waals surface area contributed by atoms with E-state index in [0.29, 0.717) is 19.4 Å². The summed E-state index contributed by atoms with van der Waals surface area (Å²) in [5.41, 5.74) is 5.45. The van der Waals surface area contributed by atoms with Crippen LogP contribution in [0.15, 0.2) is 0 Å². The molecular weight excluding hydrogens is 220 g/mol. The van der Waals surface area contributed by atoms with Crippen LogP contribution in [0, 0.1) is 0 Å². The van der Waals surface area contributed by atoms with Crippen LogP contribution in [0.25, 0.3) is 0 Å². The number of nitrogens with two attached hydrogens (primary N) is 1. The molecule has 0 radical (unpaired) electrons. The Morgan fingerprint density at radius 3 is 2.29 bits per heavy atom. The van der Waals surface area contributed by atoms with Gasteiger partial charge in [0.1, 0.15) is 0 Å². The average molecular weight is 244 g/mol. The van der Waals surface area contributed by atoms with Gasteiger partial charge in [0.15, 0.2) is 0 Å². The highest BCUT2D eigenvalue weighted by atomic mass is 16.4. The highest BCUT2D eigenvalue weighted by Crippen LogP contribution is 2.12. The molecule has 100 valence electrons. The van der Waals surface area contributed by atoms with Crippen molar-refractivity contribution in [1.82, 2.24) is 4.90 Å². The number of hydrogen-bond acceptors (Lipinski definition) is 3. The molecule has 17 heavy (non-hydrogen) atoms. The van der Waals surface area contributed by atoms with Crippen LogP contribution < -0.4 is 5.73 Å². The predicted molar refractivity (Wildman–Crippen MR) is 66.6 cm³/mol. The molecule has 0 aliphatic rings. The lowest BCUT2D eigenvalue weighted by molar-refractivity contribution is -0.140. The van der Waals surface area contributed by atoms with E-state index < -0.39 is 5.97 Å². The zero-order valence-electron chi connectivity index (χ0n) is 11.2. The normalized spacial score (nSPS) is 13.2. The van der Waals surface area contributed by atoms with E-state index in [1.54, 1.807) is 11.8 Å². The molecule has 0 bridgehead atoms. The van der Waals surface area contributed by atoms with Gasteiger partial charge >= 0.3 is 5.97 Å². The second-order valence-electron chi connectivity index (χ2n) is 5.12. The minimum Gasteiger partial charge on any atom is -0.481 e. The fourth-order valence-corrected chi connectivity index (χ4v) is 1.67. The first-order chi connectivity index (χ1) is 7.67. The van der Waals surface area contributed by atoms with Crippen LogP contribution in [0.1, 0.15) is 47.0 Å². The summed E-state index contributed by atoms with van der Waals surface area (Å²) < 4.78 is 0. The van der Waals surface area contributed by atoms with Crippen molar-refractivity contribution in [3.8, 4) is 0 Å². The first kappa shape index (κ1) is 15.9. The summed E-state index contributed by atoms with van der Waals surface area (Å²) in [5.74, 6) is -0.914. The van der Waals surface area contributed by atoms with Crippen LogP contribution in [-0.4, -0.2) is 40.0 Å². The minimum atomic E-state index is -0.886. The topological polar surface area (TPSA) is 83.6 Å².